The number of anilines is 1. The number of amides is 1. The quantitative estimate of drug-likeness (QED) is 0.409. The number of hydrogen-bond donors (Lipinski definition) is 0. The van der Waals surface area contributed by atoms with Gasteiger partial charge in [0.25, 0.3) is 5.91 Å². The highest BCUT2D eigenvalue weighted by Gasteiger charge is 2.27. The Morgan fingerprint density at radius 2 is 1.51 bits per heavy atom. The van der Waals surface area contributed by atoms with E-state index in [1.54, 1.807) is 21.7 Å². The number of piperazine rings is 1. The maximum Gasteiger partial charge on any atom is 0.293 e. The molecule has 0 atom stereocenters. The molecule has 1 saturated heterocycles. The first-order valence-corrected chi connectivity index (χ1v) is 11.4. The molecule has 8 heteroatoms. The minimum atomic E-state index is -0.437. The van der Waals surface area contributed by atoms with Crippen molar-refractivity contribution in [3.63, 3.8) is 0 Å². The third-order valence-corrected chi connectivity index (χ3v) is 6.09. The van der Waals surface area contributed by atoms with Gasteiger partial charge in [-0.1, -0.05) is 48.5 Å². The maximum atomic E-state index is 14.6. The summed E-state index contributed by atoms with van der Waals surface area (Å²) in [7, 11) is 0. The largest absolute Gasteiger partial charge is 0.366 e. The molecule has 0 radical (unpaired) electrons. The van der Waals surface area contributed by atoms with Crippen molar-refractivity contribution in [1.82, 2.24) is 19.7 Å². The molecule has 0 N–H and O–H groups in total. The van der Waals surface area contributed by atoms with Gasteiger partial charge in [0.1, 0.15) is 5.82 Å². The fraction of sp³-hybridized carbons (Fsp3) is 0.185. The molecule has 1 amide bonds. The number of para-hydroxylation sites is 1. The van der Waals surface area contributed by atoms with E-state index in [9.17, 15) is 14.0 Å². The van der Waals surface area contributed by atoms with Crippen molar-refractivity contribution in [2.45, 2.75) is 6.92 Å². The molecule has 1 aliphatic heterocycles. The van der Waals surface area contributed by atoms with Gasteiger partial charge in [0.2, 0.25) is 5.82 Å². The number of Topliss-reactive ketones (excluding diaryl/α,β-unsaturated/α-hetero) is 1. The monoisotopic (exact) mass is 469 g/mol. The normalized spacial score (nSPS) is 13.7. The zero-order valence-corrected chi connectivity index (χ0v) is 19.3. The van der Waals surface area contributed by atoms with E-state index in [2.05, 4.69) is 10.1 Å². The summed E-state index contributed by atoms with van der Waals surface area (Å²) in [5.74, 6) is -0.162. The van der Waals surface area contributed by atoms with Gasteiger partial charge in [0.05, 0.1) is 11.4 Å². The van der Waals surface area contributed by atoms with Gasteiger partial charge in [0.15, 0.2) is 11.6 Å². The van der Waals surface area contributed by atoms with E-state index in [1.165, 1.54) is 13.0 Å². The summed E-state index contributed by atoms with van der Waals surface area (Å²) in [4.78, 5) is 33.0. The first-order valence-electron chi connectivity index (χ1n) is 11.4. The van der Waals surface area contributed by atoms with Crippen LogP contribution >= 0.6 is 0 Å². The van der Waals surface area contributed by atoms with E-state index in [0.717, 1.165) is 11.3 Å². The van der Waals surface area contributed by atoms with Gasteiger partial charge in [-0.25, -0.2) is 14.1 Å². The summed E-state index contributed by atoms with van der Waals surface area (Å²) in [5.41, 5.74) is 2.44. The number of carbonyl (C=O) groups excluding carboxylic acids is 2. The molecule has 7 nitrogen and oxygen atoms in total. The molecule has 0 spiro atoms. The van der Waals surface area contributed by atoms with Crippen LogP contribution in [0.1, 0.15) is 27.9 Å². The first-order chi connectivity index (χ1) is 17.0. The van der Waals surface area contributed by atoms with Crippen LogP contribution in [0.15, 0.2) is 78.9 Å². The second-order valence-corrected chi connectivity index (χ2v) is 8.37. The number of rotatable bonds is 5. The van der Waals surface area contributed by atoms with Crippen LogP contribution in [0.2, 0.25) is 0 Å². The Hall–Kier alpha value is -4.33. The van der Waals surface area contributed by atoms with E-state index >= 15 is 0 Å². The van der Waals surface area contributed by atoms with Crippen molar-refractivity contribution in [2.75, 3.05) is 31.1 Å². The average molecular weight is 470 g/mol. The van der Waals surface area contributed by atoms with Crippen LogP contribution in [0, 0.1) is 5.82 Å². The summed E-state index contributed by atoms with van der Waals surface area (Å²) >= 11 is 0. The molecule has 0 unspecified atom stereocenters. The Morgan fingerprint density at radius 1 is 0.857 bits per heavy atom. The molecular formula is C27H24FN5O2. The fourth-order valence-electron chi connectivity index (χ4n) is 4.20. The molecule has 1 aromatic heterocycles. The minimum Gasteiger partial charge on any atom is -0.366 e. The summed E-state index contributed by atoms with van der Waals surface area (Å²) in [6, 6.07) is 23.7. The zero-order valence-electron chi connectivity index (χ0n) is 19.3. The van der Waals surface area contributed by atoms with Gasteiger partial charge < -0.3 is 9.80 Å². The highest BCUT2D eigenvalue weighted by Crippen LogP contribution is 2.24. The first kappa shape index (κ1) is 22.5. The molecule has 35 heavy (non-hydrogen) atoms. The van der Waals surface area contributed by atoms with Crippen LogP contribution in [0.25, 0.3) is 17.1 Å². The number of carbonyl (C=O) groups is 2. The van der Waals surface area contributed by atoms with Crippen molar-refractivity contribution in [2.24, 2.45) is 0 Å². The molecular weight excluding hydrogens is 445 g/mol. The number of halogens is 1. The van der Waals surface area contributed by atoms with Crippen molar-refractivity contribution in [3.05, 3.63) is 96.1 Å². The van der Waals surface area contributed by atoms with Crippen LogP contribution in [0.4, 0.5) is 10.1 Å². The second-order valence-electron chi connectivity index (χ2n) is 8.37. The molecule has 0 saturated carbocycles. The van der Waals surface area contributed by atoms with Gasteiger partial charge in [0, 0.05) is 37.3 Å². The highest BCUT2D eigenvalue weighted by atomic mass is 19.1. The average Bonchev–Trinajstić information content (AvgIpc) is 3.35. The lowest BCUT2D eigenvalue weighted by Crippen LogP contribution is -2.49. The predicted octanol–water partition coefficient (Wildman–Crippen LogP) is 4.24. The van der Waals surface area contributed by atoms with Gasteiger partial charge in [-0.3, -0.25) is 9.59 Å². The number of ketones is 1. The number of nitrogens with zero attached hydrogens (tertiary/aromatic N) is 5. The standard InChI is InChI=1S/C27H24FN5O2/c1-19(34)21-12-13-24(23(28)18-21)31-14-16-32(17-15-31)27(35)25-29-26(20-8-4-2-5-9-20)33(30-25)22-10-6-3-7-11-22/h2-13,18H,14-17H2,1H3. The van der Waals surface area contributed by atoms with Gasteiger partial charge in [-0.05, 0) is 37.3 Å². The smallest absolute Gasteiger partial charge is 0.293 e. The molecule has 1 aliphatic rings. The van der Waals surface area contributed by atoms with Crippen LogP contribution in [-0.4, -0.2) is 57.5 Å². The molecule has 1 fully saturated rings. The van der Waals surface area contributed by atoms with Crippen LogP contribution < -0.4 is 4.90 Å². The third kappa shape index (κ3) is 4.55. The van der Waals surface area contributed by atoms with E-state index in [4.69, 9.17) is 0 Å². The lowest BCUT2D eigenvalue weighted by atomic mass is 10.1. The van der Waals surface area contributed by atoms with E-state index in [1.807, 2.05) is 65.6 Å². The fourth-order valence-corrected chi connectivity index (χ4v) is 4.20. The summed E-state index contributed by atoms with van der Waals surface area (Å²) in [6.45, 7) is 3.16. The number of hydrogen-bond acceptors (Lipinski definition) is 5. The topological polar surface area (TPSA) is 71.3 Å². The Labute approximate surface area is 202 Å². The summed E-state index contributed by atoms with van der Waals surface area (Å²) < 4.78 is 16.3. The van der Waals surface area contributed by atoms with Gasteiger partial charge >= 0.3 is 0 Å². The molecule has 0 bridgehead atoms. The van der Waals surface area contributed by atoms with Crippen molar-refractivity contribution >= 4 is 17.4 Å². The molecule has 176 valence electrons. The lowest BCUT2D eigenvalue weighted by Gasteiger charge is -2.35. The minimum absolute atomic E-state index is 0.123. The van der Waals surface area contributed by atoms with E-state index in [-0.39, 0.29) is 17.5 Å². The van der Waals surface area contributed by atoms with Crippen LogP contribution in [0.3, 0.4) is 0 Å². The zero-order chi connectivity index (χ0) is 24.4. The molecule has 2 heterocycles. The van der Waals surface area contributed by atoms with Gasteiger partial charge in [-0.15, -0.1) is 5.10 Å². The van der Waals surface area contributed by atoms with Gasteiger partial charge in [-0.2, -0.15) is 0 Å². The molecule has 0 aliphatic carbocycles. The highest BCUT2D eigenvalue weighted by molar-refractivity contribution is 5.94. The van der Waals surface area contributed by atoms with E-state index in [0.29, 0.717) is 43.3 Å². The van der Waals surface area contributed by atoms with Crippen LogP contribution in [-0.2, 0) is 0 Å². The second kappa shape index (κ2) is 9.50. The maximum absolute atomic E-state index is 14.6. The van der Waals surface area contributed by atoms with E-state index < -0.39 is 5.82 Å². The summed E-state index contributed by atoms with van der Waals surface area (Å²) in [5, 5.41) is 4.56. The van der Waals surface area contributed by atoms with Crippen molar-refractivity contribution in [3.8, 4) is 17.1 Å². The Kier molecular flexibility index (Phi) is 6.10. The predicted molar refractivity (Wildman–Crippen MR) is 131 cm³/mol. The molecule has 3 aromatic carbocycles. The van der Waals surface area contributed by atoms with Crippen molar-refractivity contribution < 1.29 is 14.0 Å². The molecule has 5 rings (SSSR count). The Balaban J connectivity index is 1.36. The Bertz CT molecular complexity index is 1310. The lowest BCUT2D eigenvalue weighted by molar-refractivity contribution is 0.0734. The molecule has 4 aromatic rings. The van der Waals surface area contributed by atoms with Crippen LogP contribution in [0.5, 0.6) is 0 Å². The van der Waals surface area contributed by atoms with Crippen molar-refractivity contribution in [1.29, 1.82) is 0 Å². The SMILES string of the molecule is CC(=O)c1ccc(N2CCN(C(=O)c3nc(-c4ccccc4)n(-c4ccccc4)n3)CC2)c(F)c1. The third-order valence-electron chi connectivity index (χ3n) is 6.09. The summed E-state index contributed by atoms with van der Waals surface area (Å²) in [6.07, 6.45) is 0. The Morgan fingerprint density at radius 3 is 2.14 bits per heavy atom. The number of benzene rings is 3. The number of aromatic nitrogens is 3.